The highest BCUT2D eigenvalue weighted by Crippen LogP contribution is 2.36. The van der Waals surface area contributed by atoms with Gasteiger partial charge in [0.05, 0.1) is 11.4 Å². The molecule has 0 bridgehead atoms. The minimum Gasteiger partial charge on any atom is -0.325 e. The lowest BCUT2D eigenvalue weighted by Gasteiger charge is -2.17. The molecule has 1 amide bonds. The third-order valence-electron chi connectivity index (χ3n) is 5.29. The van der Waals surface area contributed by atoms with Crippen molar-refractivity contribution in [3.8, 4) is 0 Å². The van der Waals surface area contributed by atoms with Crippen LogP contribution >= 0.6 is 11.8 Å². The first kappa shape index (κ1) is 25.4. The summed E-state index contributed by atoms with van der Waals surface area (Å²) in [6.07, 6.45) is 0. The van der Waals surface area contributed by atoms with Crippen LogP contribution in [0.25, 0.3) is 0 Å². The molecule has 182 valence electrons. The van der Waals surface area contributed by atoms with Crippen molar-refractivity contribution in [1.82, 2.24) is 4.72 Å². The van der Waals surface area contributed by atoms with Gasteiger partial charge in [-0.2, -0.15) is 0 Å². The number of carbonyl (C=O) groups is 2. The molecule has 0 saturated heterocycles. The second-order valence-electron chi connectivity index (χ2n) is 7.85. The number of hydrogen-bond acceptors (Lipinski definition) is 5. The van der Waals surface area contributed by atoms with Gasteiger partial charge in [0.15, 0.2) is 5.78 Å². The van der Waals surface area contributed by atoms with Crippen molar-refractivity contribution in [2.45, 2.75) is 15.0 Å². The van der Waals surface area contributed by atoms with Gasteiger partial charge in [-0.15, -0.1) is 11.8 Å². The number of benzene rings is 4. The molecule has 2 N–H and O–H groups in total. The van der Waals surface area contributed by atoms with Crippen molar-refractivity contribution in [2.24, 2.45) is 0 Å². The van der Waals surface area contributed by atoms with Crippen LogP contribution in [0.15, 0.2) is 125 Å². The fourth-order valence-corrected chi connectivity index (χ4v) is 5.46. The number of rotatable bonds is 10. The molecule has 4 rings (SSSR count). The zero-order chi connectivity index (χ0) is 25.4. The van der Waals surface area contributed by atoms with Gasteiger partial charge in [0, 0.05) is 16.1 Å². The van der Waals surface area contributed by atoms with E-state index in [0.717, 1.165) is 10.5 Å². The maximum Gasteiger partial charge on any atom is 0.242 e. The Morgan fingerprint density at radius 1 is 0.722 bits per heavy atom. The Morgan fingerprint density at radius 3 is 1.89 bits per heavy atom. The summed E-state index contributed by atoms with van der Waals surface area (Å²) in [6, 6.07) is 33.5. The monoisotopic (exact) mass is 516 g/mol. The lowest BCUT2D eigenvalue weighted by molar-refractivity contribution is -0.115. The lowest BCUT2D eigenvalue weighted by atomic mass is 10.1. The number of thioether (sulfide) groups is 1. The van der Waals surface area contributed by atoms with Crippen LogP contribution in [0.1, 0.15) is 21.2 Å². The van der Waals surface area contributed by atoms with E-state index in [2.05, 4.69) is 10.0 Å². The summed E-state index contributed by atoms with van der Waals surface area (Å²) in [5, 5.41) is 2.38. The van der Waals surface area contributed by atoms with E-state index in [1.165, 1.54) is 36.0 Å². The molecule has 0 saturated carbocycles. The quantitative estimate of drug-likeness (QED) is 0.220. The summed E-state index contributed by atoms with van der Waals surface area (Å²) in [5.41, 5.74) is 1.75. The van der Waals surface area contributed by atoms with Crippen LogP contribution in [0.3, 0.4) is 0 Å². The van der Waals surface area contributed by atoms with Crippen LogP contribution in [0.2, 0.25) is 0 Å². The Labute approximate surface area is 214 Å². The number of nitrogens with one attached hydrogen (secondary N) is 2. The molecule has 1 atom stereocenters. The minimum atomic E-state index is -3.90. The summed E-state index contributed by atoms with van der Waals surface area (Å²) < 4.78 is 27.6. The molecular weight excluding hydrogens is 492 g/mol. The molecular formula is C28H24N2O4S2. The Morgan fingerprint density at radius 2 is 1.28 bits per heavy atom. The Bertz CT molecular complexity index is 1410. The number of ketones is 1. The van der Waals surface area contributed by atoms with Gasteiger partial charge in [-0.3, -0.25) is 9.59 Å². The van der Waals surface area contributed by atoms with Gasteiger partial charge in [-0.25, -0.2) is 13.1 Å². The number of anilines is 1. The molecule has 0 spiro atoms. The fraction of sp³-hybridized carbons (Fsp3) is 0.0714. The highest BCUT2D eigenvalue weighted by Gasteiger charge is 2.23. The van der Waals surface area contributed by atoms with Crippen LogP contribution < -0.4 is 10.0 Å². The van der Waals surface area contributed by atoms with Gasteiger partial charge in [-0.05, 0) is 42.0 Å². The van der Waals surface area contributed by atoms with E-state index in [4.69, 9.17) is 0 Å². The maximum absolute atomic E-state index is 13.2. The number of amides is 1. The average molecular weight is 517 g/mol. The first-order chi connectivity index (χ1) is 17.4. The van der Waals surface area contributed by atoms with Crippen LogP contribution in [-0.2, 0) is 14.8 Å². The molecule has 0 aliphatic carbocycles. The van der Waals surface area contributed by atoms with E-state index in [9.17, 15) is 18.0 Å². The fourth-order valence-electron chi connectivity index (χ4n) is 3.43. The minimum absolute atomic E-state index is 0.000342. The molecule has 0 heterocycles. The number of sulfonamides is 1. The van der Waals surface area contributed by atoms with Crippen molar-refractivity contribution >= 4 is 39.2 Å². The van der Waals surface area contributed by atoms with E-state index in [0.29, 0.717) is 11.3 Å². The van der Waals surface area contributed by atoms with E-state index < -0.39 is 15.3 Å². The van der Waals surface area contributed by atoms with Crippen LogP contribution in [0.4, 0.5) is 5.69 Å². The maximum atomic E-state index is 13.2. The average Bonchev–Trinajstić information content (AvgIpc) is 2.92. The SMILES string of the molecule is O=C(CNS(=O)(=O)c1ccc(NC(=O)[C@@H](Sc2ccccc2)c2ccccc2)cc1)c1ccccc1. The van der Waals surface area contributed by atoms with Crippen molar-refractivity contribution in [3.63, 3.8) is 0 Å². The van der Waals surface area contributed by atoms with E-state index >= 15 is 0 Å². The van der Waals surface area contributed by atoms with Gasteiger partial charge < -0.3 is 5.32 Å². The van der Waals surface area contributed by atoms with Gasteiger partial charge >= 0.3 is 0 Å². The normalized spacial score (nSPS) is 12.0. The molecule has 6 nitrogen and oxygen atoms in total. The second kappa shape index (κ2) is 11.8. The molecule has 0 fully saturated rings. The van der Waals surface area contributed by atoms with E-state index in [1.54, 1.807) is 30.3 Å². The molecule has 0 unspecified atom stereocenters. The van der Waals surface area contributed by atoms with Crippen molar-refractivity contribution in [3.05, 3.63) is 126 Å². The van der Waals surface area contributed by atoms with Gasteiger partial charge in [-0.1, -0.05) is 78.9 Å². The first-order valence-corrected chi connectivity index (χ1v) is 13.5. The Balaban J connectivity index is 1.43. The Hall–Kier alpha value is -3.72. The third-order valence-corrected chi connectivity index (χ3v) is 7.97. The number of carbonyl (C=O) groups excluding carboxylic acids is 2. The largest absolute Gasteiger partial charge is 0.325 e. The van der Waals surface area contributed by atoms with E-state index in [1.807, 2.05) is 60.7 Å². The molecule has 0 aromatic heterocycles. The Kier molecular flexibility index (Phi) is 8.32. The van der Waals surface area contributed by atoms with Gasteiger partial charge in [0.2, 0.25) is 15.9 Å². The third kappa shape index (κ3) is 6.69. The zero-order valence-corrected chi connectivity index (χ0v) is 20.8. The summed E-state index contributed by atoms with van der Waals surface area (Å²) >= 11 is 1.43. The first-order valence-electron chi connectivity index (χ1n) is 11.2. The smallest absolute Gasteiger partial charge is 0.242 e. The summed E-state index contributed by atoms with van der Waals surface area (Å²) in [5.74, 6) is -0.553. The predicted molar refractivity (Wildman–Crippen MR) is 143 cm³/mol. The summed E-state index contributed by atoms with van der Waals surface area (Å²) in [6.45, 7) is -0.347. The molecule has 8 heteroatoms. The topological polar surface area (TPSA) is 92.3 Å². The summed E-state index contributed by atoms with van der Waals surface area (Å²) in [4.78, 5) is 26.4. The molecule has 4 aromatic rings. The molecule has 4 aromatic carbocycles. The molecule has 0 radical (unpaired) electrons. The zero-order valence-electron chi connectivity index (χ0n) is 19.2. The number of Topliss-reactive ketones (excluding diaryl/α,β-unsaturated/α-hetero) is 1. The van der Waals surface area contributed by atoms with Gasteiger partial charge in [0.25, 0.3) is 0 Å². The van der Waals surface area contributed by atoms with Gasteiger partial charge in [0.1, 0.15) is 5.25 Å². The highest BCUT2D eigenvalue weighted by molar-refractivity contribution is 8.00. The molecule has 0 aliphatic rings. The van der Waals surface area contributed by atoms with Crippen LogP contribution in [0, 0.1) is 0 Å². The molecule has 36 heavy (non-hydrogen) atoms. The second-order valence-corrected chi connectivity index (χ2v) is 10.8. The van der Waals surface area contributed by atoms with Crippen molar-refractivity contribution < 1.29 is 18.0 Å². The number of hydrogen-bond donors (Lipinski definition) is 2. The van der Waals surface area contributed by atoms with E-state index in [-0.39, 0.29) is 23.1 Å². The highest BCUT2D eigenvalue weighted by atomic mass is 32.2. The standard InChI is InChI=1S/C28H24N2O4S2/c31-26(21-10-4-1-5-11-21)20-29-36(33,34)25-18-16-23(17-19-25)30-28(32)27(22-12-6-2-7-13-22)35-24-14-8-3-9-15-24/h1-19,27,29H,20H2,(H,30,32)/t27-/m0/s1. The lowest BCUT2D eigenvalue weighted by Crippen LogP contribution is -2.29. The summed E-state index contributed by atoms with van der Waals surface area (Å²) in [7, 11) is -3.90. The van der Waals surface area contributed by atoms with Crippen LogP contribution in [0.5, 0.6) is 0 Å². The predicted octanol–water partition coefficient (Wildman–Crippen LogP) is 5.32. The van der Waals surface area contributed by atoms with Crippen molar-refractivity contribution in [2.75, 3.05) is 11.9 Å². The van der Waals surface area contributed by atoms with Crippen molar-refractivity contribution in [1.29, 1.82) is 0 Å². The molecule has 0 aliphatic heterocycles. The van der Waals surface area contributed by atoms with Crippen LogP contribution in [-0.4, -0.2) is 26.7 Å².